The average molecular weight is 428 g/mol. The van der Waals surface area contributed by atoms with Crippen molar-refractivity contribution in [1.82, 2.24) is 4.90 Å². The summed E-state index contributed by atoms with van der Waals surface area (Å²) in [6.07, 6.45) is 0.778. The highest BCUT2D eigenvalue weighted by Gasteiger charge is 2.51. The van der Waals surface area contributed by atoms with Crippen molar-refractivity contribution in [1.29, 1.82) is 0 Å². The monoisotopic (exact) mass is 427 g/mol. The number of carboxylic acids is 1. The van der Waals surface area contributed by atoms with Crippen molar-refractivity contribution in [3.63, 3.8) is 0 Å². The van der Waals surface area contributed by atoms with Gasteiger partial charge in [-0.3, -0.25) is 4.90 Å². The Morgan fingerprint density at radius 2 is 1.50 bits per heavy atom. The molecule has 5 heteroatoms. The van der Waals surface area contributed by atoms with E-state index in [1.807, 2.05) is 54.6 Å². The van der Waals surface area contributed by atoms with E-state index in [9.17, 15) is 14.7 Å². The molecule has 1 aliphatic heterocycles. The van der Waals surface area contributed by atoms with Crippen LogP contribution < -0.4 is 0 Å². The van der Waals surface area contributed by atoms with Crippen LogP contribution in [0.25, 0.3) is 11.1 Å². The first-order chi connectivity index (χ1) is 15.6. The summed E-state index contributed by atoms with van der Waals surface area (Å²) in [6, 6.07) is 25.8. The van der Waals surface area contributed by atoms with Crippen molar-refractivity contribution in [3.8, 4) is 11.1 Å². The highest BCUT2D eigenvalue weighted by atomic mass is 16.6. The van der Waals surface area contributed by atoms with E-state index in [1.165, 1.54) is 4.90 Å². The fraction of sp³-hybridized carbons (Fsp3) is 0.259. The average Bonchev–Trinajstić information content (AvgIpc) is 3.38. The first-order valence-electron chi connectivity index (χ1n) is 11.0. The van der Waals surface area contributed by atoms with E-state index in [0.29, 0.717) is 19.4 Å². The number of likely N-dealkylation sites (tertiary alicyclic amines) is 1. The van der Waals surface area contributed by atoms with Gasteiger partial charge in [0.05, 0.1) is 0 Å². The molecular formula is C27H25NO4. The van der Waals surface area contributed by atoms with E-state index in [2.05, 4.69) is 24.3 Å². The third-order valence-electron chi connectivity index (χ3n) is 6.78. The molecule has 2 aliphatic rings. The maximum atomic E-state index is 13.2. The topological polar surface area (TPSA) is 66.8 Å². The summed E-state index contributed by atoms with van der Waals surface area (Å²) in [7, 11) is 0. The number of hydrogen-bond donors (Lipinski definition) is 1. The van der Waals surface area contributed by atoms with E-state index in [0.717, 1.165) is 27.8 Å². The smallest absolute Gasteiger partial charge is 0.410 e. The second-order valence-electron chi connectivity index (χ2n) is 8.56. The van der Waals surface area contributed by atoms with Gasteiger partial charge in [-0.1, -0.05) is 78.9 Å². The molecule has 1 N–H and O–H groups in total. The molecule has 1 unspecified atom stereocenters. The first kappa shape index (κ1) is 20.3. The van der Waals surface area contributed by atoms with Crippen molar-refractivity contribution >= 4 is 12.1 Å². The SMILES string of the molecule is O=C(OCC1c2ccccc2-c2ccccc21)N1CCCC1(Cc1ccccc1)C(=O)O. The maximum absolute atomic E-state index is 13.2. The van der Waals surface area contributed by atoms with Gasteiger partial charge in [0.15, 0.2) is 0 Å². The molecule has 0 spiro atoms. The van der Waals surface area contributed by atoms with E-state index in [-0.39, 0.29) is 18.9 Å². The Kier molecular flexibility index (Phi) is 5.17. The molecule has 0 bridgehead atoms. The summed E-state index contributed by atoms with van der Waals surface area (Å²) >= 11 is 0. The number of nitrogens with zero attached hydrogens (tertiary/aromatic N) is 1. The Hall–Kier alpha value is -3.60. The van der Waals surface area contributed by atoms with Crippen LogP contribution in [0.15, 0.2) is 78.9 Å². The largest absolute Gasteiger partial charge is 0.479 e. The first-order valence-corrected chi connectivity index (χ1v) is 11.0. The maximum Gasteiger partial charge on any atom is 0.410 e. The molecule has 0 aromatic heterocycles. The molecule has 5 nitrogen and oxygen atoms in total. The Balaban J connectivity index is 1.37. The Morgan fingerprint density at radius 3 is 2.12 bits per heavy atom. The Bertz CT molecular complexity index is 1110. The van der Waals surface area contributed by atoms with Crippen molar-refractivity contribution in [2.24, 2.45) is 0 Å². The number of carbonyl (C=O) groups excluding carboxylic acids is 1. The zero-order valence-corrected chi connectivity index (χ0v) is 17.7. The van der Waals surface area contributed by atoms with Gasteiger partial charge in [-0.15, -0.1) is 0 Å². The number of carboxylic acid groups (broad SMARTS) is 1. The van der Waals surface area contributed by atoms with Crippen LogP contribution in [0, 0.1) is 0 Å². The van der Waals surface area contributed by atoms with Gasteiger partial charge in [-0.05, 0) is 40.7 Å². The fourth-order valence-corrected chi connectivity index (χ4v) is 5.23. The third kappa shape index (κ3) is 3.34. The van der Waals surface area contributed by atoms with E-state index in [1.54, 1.807) is 0 Å². The van der Waals surface area contributed by atoms with Crippen LogP contribution in [0.3, 0.4) is 0 Å². The van der Waals surface area contributed by atoms with Crippen molar-refractivity contribution in [2.75, 3.05) is 13.2 Å². The van der Waals surface area contributed by atoms with Crippen LogP contribution in [-0.4, -0.2) is 40.8 Å². The lowest BCUT2D eigenvalue weighted by Gasteiger charge is -2.34. The summed E-state index contributed by atoms with van der Waals surface area (Å²) in [5.74, 6) is -1.03. The van der Waals surface area contributed by atoms with Crippen molar-refractivity contribution < 1.29 is 19.4 Å². The van der Waals surface area contributed by atoms with Crippen LogP contribution in [0.1, 0.15) is 35.4 Å². The molecule has 0 radical (unpaired) electrons. The number of aliphatic carboxylic acids is 1. The van der Waals surface area contributed by atoms with Crippen LogP contribution in [0.5, 0.6) is 0 Å². The van der Waals surface area contributed by atoms with E-state index < -0.39 is 17.6 Å². The zero-order valence-electron chi connectivity index (χ0n) is 17.7. The number of amides is 1. The number of ether oxygens (including phenoxy) is 1. The summed E-state index contributed by atoms with van der Waals surface area (Å²) in [4.78, 5) is 27.0. The molecule has 1 heterocycles. The van der Waals surface area contributed by atoms with Gasteiger partial charge in [-0.25, -0.2) is 9.59 Å². The minimum atomic E-state index is -1.27. The minimum absolute atomic E-state index is 0.0534. The quantitative estimate of drug-likeness (QED) is 0.615. The highest BCUT2D eigenvalue weighted by molar-refractivity contribution is 5.86. The second kappa shape index (κ2) is 8.15. The molecule has 0 saturated carbocycles. The molecule has 1 amide bonds. The number of carbonyl (C=O) groups is 2. The number of rotatable bonds is 5. The van der Waals surface area contributed by atoms with Crippen molar-refractivity contribution in [2.45, 2.75) is 30.7 Å². The van der Waals surface area contributed by atoms with Crippen LogP contribution in [-0.2, 0) is 16.0 Å². The summed E-state index contributed by atoms with van der Waals surface area (Å²) < 4.78 is 5.79. The van der Waals surface area contributed by atoms with Gasteiger partial charge in [0, 0.05) is 18.9 Å². The molecule has 3 aromatic carbocycles. The molecule has 1 aliphatic carbocycles. The zero-order chi connectivity index (χ0) is 22.1. The number of fused-ring (bicyclic) bond motifs is 3. The predicted octanol–water partition coefficient (Wildman–Crippen LogP) is 5.10. The molecular weight excluding hydrogens is 402 g/mol. The molecule has 162 valence electrons. The van der Waals surface area contributed by atoms with Gasteiger partial charge in [0.2, 0.25) is 0 Å². The predicted molar refractivity (Wildman–Crippen MR) is 122 cm³/mol. The molecule has 1 atom stereocenters. The molecule has 5 rings (SSSR count). The Labute approximate surface area is 187 Å². The van der Waals surface area contributed by atoms with Crippen LogP contribution >= 0.6 is 0 Å². The summed E-state index contributed by atoms with van der Waals surface area (Å²) in [5, 5.41) is 10.1. The van der Waals surface area contributed by atoms with E-state index >= 15 is 0 Å². The van der Waals surface area contributed by atoms with E-state index in [4.69, 9.17) is 4.74 Å². The van der Waals surface area contributed by atoms with Crippen LogP contribution in [0.2, 0.25) is 0 Å². The van der Waals surface area contributed by atoms with Crippen molar-refractivity contribution in [3.05, 3.63) is 95.6 Å². The lowest BCUT2D eigenvalue weighted by molar-refractivity contribution is -0.148. The van der Waals surface area contributed by atoms with Gasteiger partial charge in [0.1, 0.15) is 12.1 Å². The molecule has 1 saturated heterocycles. The fourth-order valence-electron chi connectivity index (χ4n) is 5.23. The number of benzene rings is 3. The van der Waals surface area contributed by atoms with Gasteiger partial charge >= 0.3 is 12.1 Å². The lowest BCUT2D eigenvalue weighted by Crippen LogP contribution is -2.54. The summed E-state index contributed by atoms with van der Waals surface area (Å²) in [5.41, 5.74) is 4.22. The lowest BCUT2D eigenvalue weighted by atomic mass is 9.88. The highest BCUT2D eigenvalue weighted by Crippen LogP contribution is 2.44. The normalized spacial score (nSPS) is 19.4. The van der Waals surface area contributed by atoms with Gasteiger partial charge < -0.3 is 9.84 Å². The third-order valence-corrected chi connectivity index (χ3v) is 6.78. The van der Waals surface area contributed by atoms with Gasteiger partial charge in [-0.2, -0.15) is 0 Å². The molecule has 3 aromatic rings. The molecule has 32 heavy (non-hydrogen) atoms. The van der Waals surface area contributed by atoms with Crippen LogP contribution in [0.4, 0.5) is 4.79 Å². The van der Waals surface area contributed by atoms with Gasteiger partial charge in [0.25, 0.3) is 0 Å². The second-order valence-corrected chi connectivity index (χ2v) is 8.56. The summed E-state index contributed by atoms with van der Waals surface area (Å²) in [6.45, 7) is 0.570. The number of hydrogen-bond acceptors (Lipinski definition) is 3. The molecule has 1 fully saturated rings. The minimum Gasteiger partial charge on any atom is -0.479 e. The standard InChI is InChI=1S/C27H25NO4/c29-25(30)27(17-19-9-2-1-3-10-19)15-8-16-28(27)26(31)32-18-24-22-13-6-4-11-20(22)21-12-5-7-14-23(21)24/h1-7,9-14,24H,8,15-18H2,(H,29,30). The Morgan fingerprint density at radius 1 is 0.906 bits per heavy atom.